The minimum absolute atomic E-state index is 0.150. The Morgan fingerprint density at radius 1 is 0.966 bits per heavy atom. The Morgan fingerprint density at radius 2 is 1.55 bits per heavy atom. The van der Waals surface area contributed by atoms with Gasteiger partial charge in [-0.25, -0.2) is 8.42 Å². The van der Waals surface area contributed by atoms with Crippen molar-refractivity contribution in [3.8, 4) is 0 Å². The molecule has 1 fully saturated rings. The Bertz CT molecular complexity index is 990. The first-order valence-electron chi connectivity index (χ1n) is 9.73. The molecule has 0 bridgehead atoms. The van der Waals surface area contributed by atoms with Crippen LogP contribution >= 0.6 is 0 Å². The van der Waals surface area contributed by atoms with Crippen molar-refractivity contribution in [2.45, 2.75) is 55.2 Å². The van der Waals surface area contributed by atoms with E-state index in [1.807, 2.05) is 6.92 Å². The van der Waals surface area contributed by atoms with E-state index in [0.29, 0.717) is 24.0 Å². The molecule has 0 spiro atoms. The van der Waals surface area contributed by atoms with Gasteiger partial charge in [-0.15, -0.1) is 0 Å². The van der Waals surface area contributed by atoms with Crippen LogP contribution in [0.3, 0.4) is 0 Å². The topological polar surface area (TPSA) is 106 Å². The third-order valence-corrected chi connectivity index (χ3v) is 7.19. The largest absolute Gasteiger partial charge is 0.368 e. The molecule has 29 heavy (non-hydrogen) atoms. The zero-order chi connectivity index (χ0) is 21.1. The summed E-state index contributed by atoms with van der Waals surface area (Å²) in [6, 6.07) is 13.1. The van der Waals surface area contributed by atoms with Crippen LogP contribution in [0, 0.1) is 6.92 Å². The first-order chi connectivity index (χ1) is 13.7. The summed E-state index contributed by atoms with van der Waals surface area (Å²) >= 11 is 0. The number of carbonyl (C=O) groups is 2. The van der Waals surface area contributed by atoms with E-state index in [9.17, 15) is 18.0 Å². The standard InChI is InChI=1S/C22H26N2O4S/c1-16-5-11-19(12-6-16)29(27,28)15-17-7-9-18(10-8-17)20(25)24-22(21(23)26)13-3-2-4-14-22/h5-12H,2-4,13-15H2,1H3,(H2,23,26)(H,24,25). The second-order valence-corrected chi connectivity index (χ2v) is 9.72. The van der Waals surface area contributed by atoms with Gasteiger partial charge in [-0.1, -0.05) is 49.1 Å². The summed E-state index contributed by atoms with van der Waals surface area (Å²) in [5.41, 5.74) is 6.52. The quantitative estimate of drug-likeness (QED) is 0.758. The number of hydrogen-bond donors (Lipinski definition) is 2. The van der Waals surface area contributed by atoms with Crippen LogP contribution in [-0.4, -0.2) is 25.8 Å². The van der Waals surface area contributed by atoms with Crippen LogP contribution in [0.5, 0.6) is 0 Å². The number of nitrogens with two attached hydrogens (primary N) is 1. The summed E-state index contributed by atoms with van der Waals surface area (Å²) < 4.78 is 25.2. The number of benzene rings is 2. The van der Waals surface area contributed by atoms with E-state index in [-0.39, 0.29) is 16.6 Å². The number of sulfone groups is 1. The highest BCUT2D eigenvalue weighted by Crippen LogP contribution is 2.28. The summed E-state index contributed by atoms with van der Waals surface area (Å²) in [6.45, 7) is 1.90. The molecule has 1 saturated carbocycles. The monoisotopic (exact) mass is 414 g/mol. The fraction of sp³-hybridized carbons (Fsp3) is 0.364. The van der Waals surface area contributed by atoms with Crippen LogP contribution < -0.4 is 11.1 Å². The molecule has 3 rings (SSSR count). The van der Waals surface area contributed by atoms with E-state index in [1.165, 1.54) is 0 Å². The lowest BCUT2D eigenvalue weighted by Crippen LogP contribution is -2.58. The first kappa shape index (κ1) is 21.0. The first-order valence-corrected chi connectivity index (χ1v) is 11.4. The fourth-order valence-corrected chi connectivity index (χ4v) is 5.03. The molecule has 0 atom stereocenters. The van der Waals surface area contributed by atoms with Gasteiger partial charge >= 0.3 is 0 Å². The molecule has 0 radical (unpaired) electrons. The SMILES string of the molecule is Cc1ccc(S(=O)(=O)Cc2ccc(C(=O)NC3(C(N)=O)CCCCC3)cc2)cc1. The van der Waals surface area contributed by atoms with Gasteiger partial charge in [0.15, 0.2) is 9.84 Å². The van der Waals surface area contributed by atoms with Gasteiger partial charge in [-0.05, 0) is 49.6 Å². The Balaban J connectivity index is 1.71. The predicted molar refractivity (Wildman–Crippen MR) is 111 cm³/mol. The molecule has 2 aromatic rings. The highest BCUT2D eigenvalue weighted by atomic mass is 32.2. The molecule has 7 heteroatoms. The Morgan fingerprint density at radius 3 is 2.10 bits per heavy atom. The van der Waals surface area contributed by atoms with E-state index in [4.69, 9.17) is 5.73 Å². The Labute approximate surface area is 171 Å². The van der Waals surface area contributed by atoms with Crippen molar-refractivity contribution in [3.63, 3.8) is 0 Å². The number of amides is 2. The van der Waals surface area contributed by atoms with Crippen LogP contribution in [0.2, 0.25) is 0 Å². The van der Waals surface area contributed by atoms with Gasteiger partial charge in [0, 0.05) is 5.56 Å². The predicted octanol–water partition coefficient (Wildman–Crippen LogP) is 2.89. The van der Waals surface area contributed by atoms with Gasteiger partial charge in [0.05, 0.1) is 10.6 Å². The molecular weight excluding hydrogens is 388 g/mol. The lowest BCUT2D eigenvalue weighted by Gasteiger charge is -2.35. The number of rotatable bonds is 6. The summed E-state index contributed by atoms with van der Waals surface area (Å²) in [7, 11) is -3.47. The summed E-state index contributed by atoms with van der Waals surface area (Å²) in [5.74, 6) is -1.03. The van der Waals surface area contributed by atoms with Gasteiger partial charge in [-0.2, -0.15) is 0 Å². The maximum atomic E-state index is 12.6. The number of hydrogen-bond acceptors (Lipinski definition) is 4. The lowest BCUT2D eigenvalue weighted by atomic mass is 9.81. The van der Waals surface area contributed by atoms with Crippen molar-refractivity contribution < 1.29 is 18.0 Å². The van der Waals surface area contributed by atoms with E-state index in [1.54, 1.807) is 48.5 Å². The van der Waals surface area contributed by atoms with Crippen molar-refractivity contribution in [1.29, 1.82) is 0 Å². The van der Waals surface area contributed by atoms with Crippen molar-refractivity contribution >= 4 is 21.7 Å². The van der Waals surface area contributed by atoms with Gasteiger partial charge in [0.2, 0.25) is 5.91 Å². The summed E-state index contributed by atoms with van der Waals surface area (Å²) in [5, 5.41) is 2.82. The average molecular weight is 415 g/mol. The van der Waals surface area contributed by atoms with E-state index in [2.05, 4.69) is 5.32 Å². The van der Waals surface area contributed by atoms with Gasteiger partial charge in [0.25, 0.3) is 5.91 Å². The molecule has 6 nitrogen and oxygen atoms in total. The zero-order valence-electron chi connectivity index (χ0n) is 16.5. The number of carbonyl (C=O) groups excluding carboxylic acids is 2. The molecule has 0 aliphatic heterocycles. The fourth-order valence-electron chi connectivity index (χ4n) is 3.68. The van der Waals surface area contributed by atoms with Crippen molar-refractivity contribution in [2.24, 2.45) is 5.73 Å². The molecule has 0 saturated heterocycles. The second kappa shape index (κ2) is 8.37. The van der Waals surface area contributed by atoms with E-state index >= 15 is 0 Å². The molecule has 154 valence electrons. The second-order valence-electron chi connectivity index (χ2n) is 7.73. The van der Waals surface area contributed by atoms with Crippen LogP contribution in [0.1, 0.15) is 53.6 Å². The maximum Gasteiger partial charge on any atom is 0.252 e. The van der Waals surface area contributed by atoms with Gasteiger partial charge < -0.3 is 11.1 Å². The number of nitrogens with one attached hydrogen (secondary N) is 1. The van der Waals surface area contributed by atoms with Crippen molar-refractivity contribution in [1.82, 2.24) is 5.32 Å². The Kier molecular flexibility index (Phi) is 6.07. The smallest absolute Gasteiger partial charge is 0.252 e. The van der Waals surface area contributed by atoms with Crippen LogP contribution in [0.25, 0.3) is 0 Å². The minimum atomic E-state index is -3.47. The van der Waals surface area contributed by atoms with Gasteiger partial charge in [0.1, 0.15) is 5.54 Å². The normalized spacial score (nSPS) is 16.2. The van der Waals surface area contributed by atoms with Crippen LogP contribution in [0.4, 0.5) is 0 Å². The van der Waals surface area contributed by atoms with Crippen LogP contribution in [0.15, 0.2) is 53.4 Å². The number of aryl methyl sites for hydroxylation is 1. The minimum Gasteiger partial charge on any atom is -0.368 e. The third-order valence-electron chi connectivity index (χ3n) is 5.48. The zero-order valence-corrected chi connectivity index (χ0v) is 17.3. The molecule has 0 unspecified atom stereocenters. The van der Waals surface area contributed by atoms with Crippen molar-refractivity contribution in [2.75, 3.05) is 0 Å². The van der Waals surface area contributed by atoms with Crippen molar-refractivity contribution in [3.05, 3.63) is 65.2 Å². The molecule has 2 amide bonds. The molecule has 3 N–H and O–H groups in total. The lowest BCUT2D eigenvalue weighted by molar-refractivity contribution is -0.125. The molecule has 1 aliphatic rings. The summed E-state index contributed by atoms with van der Waals surface area (Å²) in [6.07, 6.45) is 3.80. The highest BCUT2D eigenvalue weighted by molar-refractivity contribution is 7.90. The highest BCUT2D eigenvalue weighted by Gasteiger charge is 2.39. The molecule has 2 aromatic carbocycles. The van der Waals surface area contributed by atoms with Crippen LogP contribution in [-0.2, 0) is 20.4 Å². The van der Waals surface area contributed by atoms with E-state index < -0.39 is 21.3 Å². The van der Waals surface area contributed by atoms with E-state index in [0.717, 1.165) is 24.8 Å². The average Bonchev–Trinajstić information content (AvgIpc) is 2.69. The molecule has 1 aliphatic carbocycles. The summed E-state index contributed by atoms with van der Waals surface area (Å²) in [4.78, 5) is 24.9. The molecular formula is C22H26N2O4S. The third kappa shape index (κ3) is 4.85. The maximum absolute atomic E-state index is 12.6. The molecule has 0 aromatic heterocycles. The van der Waals surface area contributed by atoms with Gasteiger partial charge in [-0.3, -0.25) is 9.59 Å². The molecule has 0 heterocycles. The Hall–Kier alpha value is -2.67. The number of primary amides is 1.